The number of hydrogen-bond donors (Lipinski definition) is 2. The standard InChI is InChI=1S/C24H42N6/c1-20(2)29-13-9-22(10-14-29)27-24(25-4)26-11-6-12-28-15-17-30(18-16-28)23-8-5-7-21(3)19-23/h5,7-8,19-20,22H,6,9-18H2,1-4H3,(H2,25,26,27). The molecular formula is C24H42N6. The van der Waals surface area contributed by atoms with Crippen LogP contribution in [0.15, 0.2) is 29.3 Å². The van der Waals surface area contributed by atoms with E-state index in [2.05, 4.69) is 75.4 Å². The maximum absolute atomic E-state index is 4.43. The van der Waals surface area contributed by atoms with Gasteiger partial charge in [0, 0.05) is 70.6 Å². The van der Waals surface area contributed by atoms with Gasteiger partial charge in [-0.2, -0.15) is 0 Å². The minimum Gasteiger partial charge on any atom is -0.369 e. The molecule has 168 valence electrons. The number of piperidine rings is 1. The monoisotopic (exact) mass is 414 g/mol. The number of aryl methyl sites for hydroxylation is 1. The molecule has 1 aromatic carbocycles. The Balaban J connectivity index is 1.29. The molecule has 2 aliphatic rings. The first kappa shape index (κ1) is 22.9. The minimum absolute atomic E-state index is 0.543. The molecule has 0 bridgehead atoms. The van der Waals surface area contributed by atoms with Gasteiger partial charge in [-0.15, -0.1) is 0 Å². The van der Waals surface area contributed by atoms with Gasteiger partial charge in [-0.05, 0) is 64.3 Å². The van der Waals surface area contributed by atoms with Gasteiger partial charge >= 0.3 is 0 Å². The summed E-state index contributed by atoms with van der Waals surface area (Å²) in [6.45, 7) is 15.8. The van der Waals surface area contributed by atoms with Crippen molar-refractivity contribution >= 4 is 11.6 Å². The lowest BCUT2D eigenvalue weighted by molar-refractivity contribution is 0.167. The second-order valence-electron chi connectivity index (χ2n) is 9.07. The van der Waals surface area contributed by atoms with E-state index in [0.29, 0.717) is 12.1 Å². The number of hydrogen-bond acceptors (Lipinski definition) is 4. The summed E-state index contributed by atoms with van der Waals surface area (Å²) in [5.74, 6) is 0.960. The molecule has 2 saturated heterocycles. The Bertz CT molecular complexity index is 657. The van der Waals surface area contributed by atoms with Crippen LogP contribution in [-0.4, -0.2) is 87.2 Å². The first-order chi connectivity index (χ1) is 14.5. The summed E-state index contributed by atoms with van der Waals surface area (Å²) in [5, 5.41) is 7.14. The van der Waals surface area contributed by atoms with Crippen LogP contribution in [0.4, 0.5) is 5.69 Å². The number of anilines is 1. The number of nitrogens with one attached hydrogen (secondary N) is 2. The van der Waals surface area contributed by atoms with Crippen molar-refractivity contribution in [3.8, 4) is 0 Å². The quantitative estimate of drug-likeness (QED) is 0.408. The van der Waals surface area contributed by atoms with Gasteiger partial charge in [0.25, 0.3) is 0 Å². The van der Waals surface area contributed by atoms with E-state index in [4.69, 9.17) is 0 Å². The van der Waals surface area contributed by atoms with Gasteiger partial charge in [-0.3, -0.25) is 9.89 Å². The van der Waals surface area contributed by atoms with E-state index in [-0.39, 0.29) is 0 Å². The molecule has 0 atom stereocenters. The largest absolute Gasteiger partial charge is 0.369 e. The van der Waals surface area contributed by atoms with Gasteiger partial charge in [0.15, 0.2) is 5.96 Å². The highest BCUT2D eigenvalue weighted by Crippen LogP contribution is 2.18. The second kappa shape index (κ2) is 11.6. The molecule has 2 aliphatic heterocycles. The minimum atomic E-state index is 0.543. The maximum Gasteiger partial charge on any atom is 0.191 e. The maximum atomic E-state index is 4.43. The van der Waals surface area contributed by atoms with E-state index >= 15 is 0 Å². The molecule has 30 heavy (non-hydrogen) atoms. The zero-order valence-corrected chi connectivity index (χ0v) is 19.5. The number of guanidine groups is 1. The summed E-state index contributed by atoms with van der Waals surface area (Å²) < 4.78 is 0. The number of rotatable bonds is 7. The predicted octanol–water partition coefficient (Wildman–Crippen LogP) is 2.54. The van der Waals surface area contributed by atoms with Crippen LogP contribution in [0.1, 0.15) is 38.7 Å². The molecule has 0 radical (unpaired) electrons. The lowest BCUT2D eigenvalue weighted by Gasteiger charge is -2.36. The number of aliphatic imine (C=N–C) groups is 1. The smallest absolute Gasteiger partial charge is 0.191 e. The van der Waals surface area contributed by atoms with E-state index in [9.17, 15) is 0 Å². The van der Waals surface area contributed by atoms with Gasteiger partial charge in [0.2, 0.25) is 0 Å². The van der Waals surface area contributed by atoms with Crippen LogP contribution >= 0.6 is 0 Å². The van der Waals surface area contributed by atoms with Gasteiger partial charge in [0.05, 0.1) is 0 Å². The Morgan fingerprint density at radius 3 is 2.47 bits per heavy atom. The van der Waals surface area contributed by atoms with Gasteiger partial charge in [0.1, 0.15) is 0 Å². The second-order valence-corrected chi connectivity index (χ2v) is 9.07. The van der Waals surface area contributed by atoms with Crippen molar-refractivity contribution in [2.24, 2.45) is 4.99 Å². The molecule has 0 saturated carbocycles. The average Bonchev–Trinajstić information content (AvgIpc) is 2.76. The summed E-state index contributed by atoms with van der Waals surface area (Å²) in [7, 11) is 1.88. The van der Waals surface area contributed by atoms with Crippen LogP contribution in [0.3, 0.4) is 0 Å². The summed E-state index contributed by atoms with van der Waals surface area (Å²) in [4.78, 5) is 12.1. The van der Waals surface area contributed by atoms with Crippen LogP contribution in [0.2, 0.25) is 0 Å². The zero-order valence-electron chi connectivity index (χ0n) is 19.5. The summed E-state index contributed by atoms with van der Waals surface area (Å²) in [5.41, 5.74) is 2.71. The molecule has 0 spiro atoms. The molecule has 2 heterocycles. The van der Waals surface area contributed by atoms with Gasteiger partial charge in [-0.25, -0.2) is 0 Å². The Hall–Kier alpha value is -1.79. The molecule has 2 fully saturated rings. The highest BCUT2D eigenvalue weighted by atomic mass is 15.3. The topological polar surface area (TPSA) is 46.1 Å². The van der Waals surface area contributed by atoms with Crippen molar-refractivity contribution in [2.45, 2.75) is 52.1 Å². The van der Waals surface area contributed by atoms with E-state index in [0.717, 1.165) is 51.6 Å². The Kier molecular flexibility index (Phi) is 8.82. The molecule has 2 N–H and O–H groups in total. The first-order valence-electron chi connectivity index (χ1n) is 11.8. The fourth-order valence-corrected chi connectivity index (χ4v) is 4.51. The number of benzene rings is 1. The number of nitrogens with zero attached hydrogens (tertiary/aromatic N) is 4. The van der Waals surface area contributed by atoms with E-state index in [1.165, 1.54) is 37.2 Å². The molecule has 6 nitrogen and oxygen atoms in total. The Morgan fingerprint density at radius 1 is 1.10 bits per heavy atom. The van der Waals surface area contributed by atoms with E-state index < -0.39 is 0 Å². The van der Waals surface area contributed by atoms with Gasteiger partial charge in [-0.1, -0.05) is 12.1 Å². The summed E-state index contributed by atoms with van der Waals surface area (Å²) in [6.07, 6.45) is 3.55. The zero-order chi connectivity index (χ0) is 21.3. The van der Waals surface area contributed by atoms with Crippen molar-refractivity contribution in [3.05, 3.63) is 29.8 Å². The third-order valence-electron chi connectivity index (χ3n) is 6.51. The first-order valence-corrected chi connectivity index (χ1v) is 11.8. The molecular weight excluding hydrogens is 372 g/mol. The average molecular weight is 415 g/mol. The number of piperazine rings is 1. The molecule has 0 aromatic heterocycles. The fourth-order valence-electron chi connectivity index (χ4n) is 4.51. The van der Waals surface area contributed by atoms with Crippen molar-refractivity contribution in [3.63, 3.8) is 0 Å². The fraction of sp³-hybridized carbons (Fsp3) is 0.708. The summed E-state index contributed by atoms with van der Waals surface area (Å²) >= 11 is 0. The van der Waals surface area contributed by atoms with Crippen molar-refractivity contribution in [1.29, 1.82) is 0 Å². The van der Waals surface area contributed by atoms with Crippen LogP contribution in [0.25, 0.3) is 0 Å². The highest BCUT2D eigenvalue weighted by Gasteiger charge is 2.21. The molecule has 0 unspecified atom stereocenters. The predicted molar refractivity (Wildman–Crippen MR) is 129 cm³/mol. The SMILES string of the molecule is CN=C(NCCCN1CCN(c2cccc(C)c2)CC1)NC1CCN(C(C)C)CC1. The normalized spacial score (nSPS) is 20.0. The molecule has 0 aliphatic carbocycles. The Morgan fingerprint density at radius 2 is 1.83 bits per heavy atom. The van der Waals surface area contributed by atoms with Crippen molar-refractivity contribution in [2.75, 3.05) is 64.3 Å². The van der Waals surface area contributed by atoms with Crippen molar-refractivity contribution < 1.29 is 0 Å². The molecule has 1 aromatic rings. The van der Waals surface area contributed by atoms with Crippen LogP contribution in [-0.2, 0) is 0 Å². The van der Waals surface area contributed by atoms with Crippen LogP contribution < -0.4 is 15.5 Å². The lowest BCUT2D eigenvalue weighted by atomic mass is 10.0. The van der Waals surface area contributed by atoms with Gasteiger partial charge < -0.3 is 20.4 Å². The molecule has 3 rings (SSSR count). The van der Waals surface area contributed by atoms with Crippen LogP contribution in [0.5, 0.6) is 0 Å². The van der Waals surface area contributed by atoms with E-state index in [1.54, 1.807) is 0 Å². The third kappa shape index (κ3) is 6.88. The molecule has 6 heteroatoms. The van der Waals surface area contributed by atoms with Crippen molar-refractivity contribution in [1.82, 2.24) is 20.4 Å². The Labute approximate surface area is 183 Å². The summed E-state index contributed by atoms with van der Waals surface area (Å²) in [6, 6.07) is 10.1. The van der Waals surface area contributed by atoms with E-state index in [1.807, 2.05) is 7.05 Å². The lowest BCUT2D eigenvalue weighted by Crippen LogP contribution is -2.50. The highest BCUT2D eigenvalue weighted by molar-refractivity contribution is 5.79. The number of likely N-dealkylation sites (tertiary alicyclic amines) is 1. The van der Waals surface area contributed by atoms with Crippen LogP contribution in [0, 0.1) is 6.92 Å². The molecule has 0 amide bonds. The third-order valence-corrected chi connectivity index (χ3v) is 6.51.